The van der Waals surface area contributed by atoms with Gasteiger partial charge in [-0.2, -0.15) is 0 Å². The fraction of sp³-hybridized carbons (Fsp3) is 0.222. The summed E-state index contributed by atoms with van der Waals surface area (Å²) in [6, 6.07) is 20.9. The average Bonchev–Trinajstić information content (AvgIpc) is 2.52. The smallest absolute Gasteiger partial charge is 0.0208 e. The van der Waals surface area contributed by atoms with E-state index < -0.39 is 0 Å². The fourth-order valence-electron chi connectivity index (χ4n) is 1.96. The number of hydrogen-bond donors (Lipinski definition) is 2. The molecule has 0 spiro atoms. The first-order valence-corrected chi connectivity index (χ1v) is 7.09. The first kappa shape index (κ1) is 14.5. The van der Waals surface area contributed by atoms with Crippen molar-refractivity contribution in [3.05, 3.63) is 83.9 Å². The molecule has 0 saturated heterocycles. The Hall–Kier alpha value is -1.90. The first-order valence-electron chi connectivity index (χ1n) is 7.09. The van der Waals surface area contributed by atoms with Crippen molar-refractivity contribution in [2.45, 2.75) is 13.1 Å². The number of hydrogen-bond acceptors (Lipinski definition) is 2. The maximum absolute atomic E-state index is 3.40. The lowest BCUT2D eigenvalue weighted by molar-refractivity contribution is 0.743. The van der Waals surface area contributed by atoms with Crippen LogP contribution in [0.5, 0.6) is 0 Å². The van der Waals surface area contributed by atoms with Gasteiger partial charge in [0.15, 0.2) is 0 Å². The highest BCUT2D eigenvalue weighted by Gasteiger charge is 1.89. The predicted octanol–water partition coefficient (Wildman–Crippen LogP) is 3.12. The summed E-state index contributed by atoms with van der Waals surface area (Å²) in [5.74, 6) is 0. The van der Waals surface area contributed by atoms with Crippen LogP contribution in [0.1, 0.15) is 11.1 Å². The molecule has 0 saturated carbocycles. The monoisotopic (exact) mass is 266 g/mol. The van der Waals surface area contributed by atoms with Gasteiger partial charge in [-0.1, -0.05) is 72.8 Å². The molecule has 0 heterocycles. The van der Waals surface area contributed by atoms with Crippen LogP contribution < -0.4 is 10.6 Å². The lowest BCUT2D eigenvalue weighted by atomic mass is 10.2. The van der Waals surface area contributed by atoms with E-state index in [2.05, 4.69) is 71.3 Å². The summed E-state index contributed by atoms with van der Waals surface area (Å²) in [6.45, 7) is 3.65. The molecule has 0 unspecified atom stereocenters. The van der Waals surface area contributed by atoms with Crippen molar-refractivity contribution in [3.63, 3.8) is 0 Å². The zero-order valence-electron chi connectivity index (χ0n) is 11.8. The van der Waals surface area contributed by atoms with Crippen LogP contribution in [0.3, 0.4) is 0 Å². The minimum atomic E-state index is 0.905. The zero-order chi connectivity index (χ0) is 13.9. The highest BCUT2D eigenvalue weighted by atomic mass is 14.9. The molecule has 0 bridgehead atoms. The van der Waals surface area contributed by atoms with E-state index in [0.717, 1.165) is 26.2 Å². The van der Waals surface area contributed by atoms with E-state index in [1.807, 2.05) is 12.1 Å². The molecule has 2 rings (SSSR count). The maximum Gasteiger partial charge on any atom is 0.0208 e. The molecule has 0 aliphatic carbocycles. The summed E-state index contributed by atoms with van der Waals surface area (Å²) in [5.41, 5.74) is 2.64. The highest BCUT2D eigenvalue weighted by molar-refractivity contribution is 5.15. The van der Waals surface area contributed by atoms with Gasteiger partial charge < -0.3 is 10.6 Å². The van der Waals surface area contributed by atoms with Crippen molar-refractivity contribution < 1.29 is 0 Å². The van der Waals surface area contributed by atoms with Crippen LogP contribution >= 0.6 is 0 Å². The van der Waals surface area contributed by atoms with Gasteiger partial charge in [0, 0.05) is 26.2 Å². The normalized spacial score (nSPS) is 11.0. The zero-order valence-corrected chi connectivity index (χ0v) is 11.8. The second kappa shape index (κ2) is 9.08. The highest BCUT2D eigenvalue weighted by Crippen LogP contribution is 1.97. The summed E-state index contributed by atoms with van der Waals surface area (Å²) < 4.78 is 0. The Balaban J connectivity index is 1.52. The Bertz CT molecular complexity index is 444. The maximum atomic E-state index is 3.40. The Morgan fingerprint density at radius 2 is 1.00 bits per heavy atom. The summed E-state index contributed by atoms with van der Waals surface area (Å²) >= 11 is 0. The molecule has 0 aliphatic rings. The van der Waals surface area contributed by atoms with E-state index in [1.54, 1.807) is 0 Å². The molecule has 2 aromatic rings. The molecule has 2 heteroatoms. The van der Waals surface area contributed by atoms with Crippen LogP contribution in [0, 0.1) is 0 Å². The molecular formula is C18H22N2. The molecular weight excluding hydrogens is 244 g/mol. The molecule has 0 radical (unpaired) electrons. The van der Waals surface area contributed by atoms with Crippen LogP contribution in [-0.4, -0.2) is 13.1 Å². The van der Waals surface area contributed by atoms with Crippen LogP contribution in [0.2, 0.25) is 0 Å². The van der Waals surface area contributed by atoms with Gasteiger partial charge in [0.05, 0.1) is 0 Å². The van der Waals surface area contributed by atoms with E-state index in [4.69, 9.17) is 0 Å². The molecule has 0 aliphatic heterocycles. The van der Waals surface area contributed by atoms with Crippen molar-refractivity contribution >= 4 is 0 Å². The largest absolute Gasteiger partial charge is 0.309 e. The number of benzene rings is 2. The Kier molecular flexibility index (Phi) is 6.58. The molecule has 2 N–H and O–H groups in total. The van der Waals surface area contributed by atoms with Gasteiger partial charge in [0.1, 0.15) is 0 Å². The lowest BCUT2D eigenvalue weighted by Gasteiger charge is -2.02. The van der Waals surface area contributed by atoms with Gasteiger partial charge in [-0.25, -0.2) is 0 Å². The molecule has 20 heavy (non-hydrogen) atoms. The summed E-state index contributed by atoms with van der Waals surface area (Å²) in [4.78, 5) is 0. The van der Waals surface area contributed by atoms with Gasteiger partial charge in [-0.05, 0) is 11.1 Å². The standard InChI is InChI=1S/C18H22N2/c1-3-9-17(10-4-1)15-19-13-7-8-14-20-16-18-11-5-2-6-12-18/h1-12,19-20H,13-16H2. The predicted molar refractivity (Wildman–Crippen MR) is 85.4 cm³/mol. The summed E-state index contributed by atoms with van der Waals surface area (Å²) in [7, 11) is 0. The number of nitrogens with one attached hydrogen (secondary N) is 2. The van der Waals surface area contributed by atoms with Gasteiger partial charge in [0.2, 0.25) is 0 Å². The van der Waals surface area contributed by atoms with Crippen LogP contribution in [0.25, 0.3) is 0 Å². The van der Waals surface area contributed by atoms with E-state index in [1.165, 1.54) is 11.1 Å². The third-order valence-corrected chi connectivity index (χ3v) is 3.03. The van der Waals surface area contributed by atoms with Gasteiger partial charge in [0.25, 0.3) is 0 Å². The Labute approximate surface area is 121 Å². The first-order chi connectivity index (χ1) is 9.95. The van der Waals surface area contributed by atoms with Crippen molar-refractivity contribution in [3.8, 4) is 0 Å². The number of rotatable bonds is 8. The van der Waals surface area contributed by atoms with Crippen molar-refractivity contribution in [2.24, 2.45) is 0 Å². The molecule has 0 aromatic heterocycles. The van der Waals surface area contributed by atoms with Crippen molar-refractivity contribution in [1.82, 2.24) is 10.6 Å². The van der Waals surface area contributed by atoms with Crippen molar-refractivity contribution in [1.29, 1.82) is 0 Å². The fourth-order valence-corrected chi connectivity index (χ4v) is 1.96. The summed E-state index contributed by atoms with van der Waals surface area (Å²) in [6.07, 6.45) is 4.34. The quantitative estimate of drug-likeness (QED) is 0.566. The van der Waals surface area contributed by atoms with E-state index in [-0.39, 0.29) is 0 Å². The third-order valence-electron chi connectivity index (χ3n) is 3.03. The van der Waals surface area contributed by atoms with Crippen LogP contribution in [0.4, 0.5) is 0 Å². The van der Waals surface area contributed by atoms with E-state index >= 15 is 0 Å². The third kappa shape index (κ3) is 5.83. The second-order valence-corrected chi connectivity index (χ2v) is 4.70. The van der Waals surface area contributed by atoms with Crippen LogP contribution in [0.15, 0.2) is 72.8 Å². The average molecular weight is 266 g/mol. The second-order valence-electron chi connectivity index (χ2n) is 4.70. The van der Waals surface area contributed by atoms with Gasteiger partial charge in [-0.15, -0.1) is 0 Å². The van der Waals surface area contributed by atoms with Crippen molar-refractivity contribution in [2.75, 3.05) is 13.1 Å². The molecule has 0 fully saturated rings. The lowest BCUT2D eigenvalue weighted by Crippen LogP contribution is -2.15. The SMILES string of the molecule is C(=CCNCc1ccccc1)CNCc1ccccc1. The van der Waals surface area contributed by atoms with Gasteiger partial charge >= 0.3 is 0 Å². The Morgan fingerprint density at radius 1 is 0.600 bits per heavy atom. The molecule has 0 amide bonds. The molecule has 2 aromatic carbocycles. The molecule has 2 nitrogen and oxygen atoms in total. The van der Waals surface area contributed by atoms with Gasteiger partial charge in [-0.3, -0.25) is 0 Å². The minimum Gasteiger partial charge on any atom is -0.309 e. The molecule has 0 atom stereocenters. The Morgan fingerprint density at radius 3 is 1.40 bits per heavy atom. The van der Waals surface area contributed by atoms with Crippen LogP contribution in [-0.2, 0) is 13.1 Å². The van der Waals surface area contributed by atoms with E-state index in [0.29, 0.717) is 0 Å². The minimum absolute atomic E-state index is 0.905. The topological polar surface area (TPSA) is 24.1 Å². The van der Waals surface area contributed by atoms with E-state index in [9.17, 15) is 0 Å². The summed E-state index contributed by atoms with van der Waals surface area (Å²) in [5, 5.41) is 6.79. The molecule has 104 valence electrons.